The minimum absolute atomic E-state index is 0.219. The van der Waals surface area contributed by atoms with E-state index < -0.39 is 0 Å². The van der Waals surface area contributed by atoms with Crippen LogP contribution in [0.5, 0.6) is 0 Å². The summed E-state index contributed by atoms with van der Waals surface area (Å²) in [5, 5.41) is 0. The minimum Gasteiger partial charge on any atom is -0.309 e. The molecule has 0 atom stereocenters. The van der Waals surface area contributed by atoms with Crippen molar-refractivity contribution < 1.29 is 4.79 Å². The molecular formula is C18H30N2O. The van der Waals surface area contributed by atoms with E-state index in [1.54, 1.807) is 0 Å². The molecule has 0 heterocycles. The summed E-state index contributed by atoms with van der Waals surface area (Å²) in [5.41, 5.74) is 2.11. The van der Waals surface area contributed by atoms with E-state index in [0.717, 1.165) is 31.6 Å². The Hall–Kier alpha value is -1.19. The van der Waals surface area contributed by atoms with Crippen molar-refractivity contribution in [3.8, 4) is 0 Å². The molecule has 0 aliphatic rings. The summed E-state index contributed by atoms with van der Waals surface area (Å²) >= 11 is 0. The molecule has 0 amide bonds. The highest BCUT2D eigenvalue weighted by atomic mass is 16.1. The molecule has 0 N–H and O–H groups in total. The number of hydrogen-bond donors (Lipinski definition) is 0. The van der Waals surface area contributed by atoms with Crippen LogP contribution in [0.15, 0.2) is 24.3 Å². The van der Waals surface area contributed by atoms with E-state index in [-0.39, 0.29) is 5.78 Å². The Labute approximate surface area is 129 Å². The van der Waals surface area contributed by atoms with Gasteiger partial charge in [0.15, 0.2) is 5.78 Å². The molecule has 3 heteroatoms. The first-order valence-electron chi connectivity index (χ1n) is 7.94. The minimum atomic E-state index is 0.219. The highest BCUT2D eigenvalue weighted by molar-refractivity contribution is 5.97. The van der Waals surface area contributed by atoms with Gasteiger partial charge in [-0.15, -0.1) is 0 Å². The quantitative estimate of drug-likeness (QED) is 0.652. The van der Waals surface area contributed by atoms with Crippen molar-refractivity contribution in [3.05, 3.63) is 35.4 Å². The van der Waals surface area contributed by atoms with Crippen molar-refractivity contribution in [2.24, 2.45) is 0 Å². The van der Waals surface area contributed by atoms with Gasteiger partial charge in [0, 0.05) is 5.56 Å². The van der Waals surface area contributed by atoms with Crippen LogP contribution < -0.4 is 0 Å². The predicted molar refractivity (Wildman–Crippen MR) is 90.1 cm³/mol. The van der Waals surface area contributed by atoms with Crippen LogP contribution >= 0.6 is 0 Å². The van der Waals surface area contributed by atoms with Crippen molar-refractivity contribution in [2.45, 2.75) is 33.1 Å². The zero-order valence-electron chi connectivity index (χ0n) is 14.2. The smallest absolute Gasteiger partial charge is 0.176 e. The third-order valence-corrected chi connectivity index (χ3v) is 3.79. The van der Waals surface area contributed by atoms with E-state index in [0.29, 0.717) is 12.5 Å². The molecule has 0 spiro atoms. The third kappa shape index (κ3) is 6.40. The fourth-order valence-electron chi connectivity index (χ4n) is 2.31. The fraction of sp³-hybridized carbons (Fsp3) is 0.611. The Morgan fingerprint density at radius 3 is 2.19 bits per heavy atom. The molecule has 0 unspecified atom stereocenters. The first kappa shape index (κ1) is 17.9. The zero-order valence-corrected chi connectivity index (χ0v) is 14.2. The maximum Gasteiger partial charge on any atom is 0.176 e. The fourth-order valence-corrected chi connectivity index (χ4v) is 2.31. The summed E-state index contributed by atoms with van der Waals surface area (Å²) in [6, 6.07) is 8.07. The molecule has 3 nitrogen and oxygen atoms in total. The first-order valence-corrected chi connectivity index (χ1v) is 7.94. The van der Waals surface area contributed by atoms with Crippen LogP contribution in [-0.4, -0.2) is 55.9 Å². The number of nitrogens with zero attached hydrogens (tertiary/aromatic N) is 2. The number of benzene rings is 1. The summed E-state index contributed by atoms with van der Waals surface area (Å²) in [5.74, 6) is 0.726. The predicted octanol–water partition coefficient (Wildman–Crippen LogP) is 3.27. The maximum atomic E-state index is 12.3. The Morgan fingerprint density at radius 1 is 1.10 bits per heavy atom. The molecule has 0 saturated heterocycles. The third-order valence-electron chi connectivity index (χ3n) is 3.79. The number of hydrogen-bond acceptors (Lipinski definition) is 3. The highest BCUT2D eigenvalue weighted by Crippen LogP contribution is 2.15. The van der Waals surface area contributed by atoms with Gasteiger partial charge in [0.25, 0.3) is 0 Å². The second-order valence-electron chi connectivity index (χ2n) is 6.23. The molecule has 0 aliphatic carbocycles. The van der Waals surface area contributed by atoms with Crippen molar-refractivity contribution in [3.63, 3.8) is 0 Å². The normalized spacial score (nSPS) is 11.6. The lowest BCUT2D eigenvalue weighted by Crippen LogP contribution is -2.32. The monoisotopic (exact) mass is 290 g/mol. The number of rotatable bonds is 9. The Kier molecular flexibility index (Phi) is 7.62. The van der Waals surface area contributed by atoms with Crippen LogP contribution in [0.4, 0.5) is 0 Å². The van der Waals surface area contributed by atoms with Crippen molar-refractivity contribution >= 4 is 5.78 Å². The number of carbonyl (C=O) groups is 1. The number of ketones is 1. The van der Waals surface area contributed by atoms with E-state index in [1.165, 1.54) is 5.56 Å². The van der Waals surface area contributed by atoms with Crippen LogP contribution in [0.25, 0.3) is 0 Å². The van der Waals surface area contributed by atoms with Gasteiger partial charge in [0.1, 0.15) is 0 Å². The van der Waals surface area contributed by atoms with Gasteiger partial charge >= 0.3 is 0 Å². The molecule has 0 bridgehead atoms. The molecule has 1 aromatic rings. The molecule has 0 saturated carbocycles. The molecule has 0 aromatic heterocycles. The van der Waals surface area contributed by atoms with Crippen molar-refractivity contribution in [1.29, 1.82) is 0 Å². The van der Waals surface area contributed by atoms with E-state index in [2.05, 4.69) is 56.8 Å². The highest BCUT2D eigenvalue weighted by Gasteiger charge is 2.11. The SMILES string of the molecule is CCN(CCCN(C)C)CC(=O)c1ccc(C(C)C)cc1. The number of likely N-dealkylation sites (N-methyl/N-ethyl adjacent to an activating group) is 1. The van der Waals surface area contributed by atoms with Crippen LogP contribution in [-0.2, 0) is 0 Å². The first-order chi connectivity index (χ1) is 9.93. The average Bonchev–Trinajstić information content (AvgIpc) is 2.45. The number of carbonyl (C=O) groups excluding carboxylic acids is 1. The van der Waals surface area contributed by atoms with Crippen molar-refractivity contribution in [1.82, 2.24) is 9.80 Å². The molecule has 1 aromatic carbocycles. The Bertz CT molecular complexity index is 423. The van der Waals surface area contributed by atoms with Gasteiger partial charge in [-0.05, 0) is 51.6 Å². The summed E-state index contributed by atoms with van der Waals surface area (Å²) < 4.78 is 0. The van der Waals surface area contributed by atoms with E-state index in [4.69, 9.17) is 0 Å². The summed E-state index contributed by atoms with van der Waals surface area (Å²) in [7, 11) is 4.16. The lowest BCUT2D eigenvalue weighted by atomic mass is 10.0. The Balaban J connectivity index is 2.53. The molecule has 0 radical (unpaired) electrons. The number of Topliss-reactive ketones (excluding diaryl/α,β-unsaturated/α-hetero) is 1. The molecule has 0 aliphatic heterocycles. The molecule has 1 rings (SSSR count). The summed E-state index contributed by atoms with van der Waals surface area (Å²) in [4.78, 5) is 16.7. The van der Waals surface area contributed by atoms with E-state index in [1.807, 2.05) is 12.1 Å². The molecule has 0 fully saturated rings. The van der Waals surface area contributed by atoms with Gasteiger partial charge in [-0.2, -0.15) is 0 Å². The standard InChI is InChI=1S/C18H30N2O/c1-6-20(13-7-12-19(4)5)14-18(21)17-10-8-16(9-11-17)15(2)3/h8-11,15H,6-7,12-14H2,1-5H3. The molecular weight excluding hydrogens is 260 g/mol. The van der Waals surface area contributed by atoms with Gasteiger partial charge in [0.2, 0.25) is 0 Å². The van der Waals surface area contributed by atoms with Gasteiger partial charge in [0.05, 0.1) is 6.54 Å². The van der Waals surface area contributed by atoms with Crippen LogP contribution in [0.1, 0.15) is 49.0 Å². The van der Waals surface area contributed by atoms with E-state index >= 15 is 0 Å². The zero-order chi connectivity index (χ0) is 15.8. The van der Waals surface area contributed by atoms with Crippen LogP contribution in [0.3, 0.4) is 0 Å². The largest absolute Gasteiger partial charge is 0.309 e. The van der Waals surface area contributed by atoms with Gasteiger partial charge in [-0.3, -0.25) is 9.69 Å². The van der Waals surface area contributed by atoms with Crippen LogP contribution in [0, 0.1) is 0 Å². The van der Waals surface area contributed by atoms with Gasteiger partial charge < -0.3 is 4.90 Å². The average molecular weight is 290 g/mol. The molecule has 21 heavy (non-hydrogen) atoms. The summed E-state index contributed by atoms with van der Waals surface area (Å²) in [6.07, 6.45) is 1.10. The van der Waals surface area contributed by atoms with Gasteiger partial charge in [-0.1, -0.05) is 45.0 Å². The lowest BCUT2D eigenvalue weighted by Gasteiger charge is -2.20. The van der Waals surface area contributed by atoms with Crippen LogP contribution in [0.2, 0.25) is 0 Å². The summed E-state index contributed by atoms with van der Waals surface area (Å²) in [6.45, 7) is 9.93. The van der Waals surface area contributed by atoms with E-state index in [9.17, 15) is 4.79 Å². The maximum absolute atomic E-state index is 12.3. The second-order valence-corrected chi connectivity index (χ2v) is 6.23. The molecule has 118 valence electrons. The van der Waals surface area contributed by atoms with Crippen molar-refractivity contribution in [2.75, 3.05) is 40.3 Å². The lowest BCUT2D eigenvalue weighted by molar-refractivity contribution is 0.0932. The Morgan fingerprint density at radius 2 is 1.71 bits per heavy atom. The topological polar surface area (TPSA) is 23.6 Å². The second kappa shape index (κ2) is 8.96. The van der Waals surface area contributed by atoms with Gasteiger partial charge in [-0.25, -0.2) is 0 Å².